The van der Waals surface area contributed by atoms with E-state index in [1.807, 2.05) is 6.92 Å². The third-order valence-electron chi connectivity index (χ3n) is 2.59. The largest absolute Gasteiger partial charge is 0.508 e. The molecular weight excluding hydrogens is 194 g/mol. The van der Waals surface area contributed by atoms with Gasteiger partial charge in [-0.05, 0) is 19.1 Å². The predicted octanol–water partition coefficient (Wildman–Crippen LogP) is 1.22. The van der Waals surface area contributed by atoms with Gasteiger partial charge in [-0.1, -0.05) is 0 Å². The summed E-state index contributed by atoms with van der Waals surface area (Å²) in [6, 6.07) is 4.89. The normalized spacial score (nSPS) is 14.7. The summed E-state index contributed by atoms with van der Waals surface area (Å²) in [7, 11) is 3.14. The number of phenolic OH excluding ortho intramolecular Hbond substituents is 1. The van der Waals surface area contributed by atoms with Gasteiger partial charge in [-0.25, -0.2) is 0 Å². The molecule has 0 radical (unpaired) electrons. The number of benzene rings is 1. The lowest BCUT2D eigenvalue weighted by molar-refractivity contribution is 0.00818. The molecule has 1 atom stereocenters. The van der Waals surface area contributed by atoms with E-state index in [9.17, 15) is 5.11 Å². The minimum Gasteiger partial charge on any atom is -0.508 e. The maximum Gasteiger partial charge on any atom is 0.128 e. The summed E-state index contributed by atoms with van der Waals surface area (Å²) in [6.45, 7) is 2.21. The highest BCUT2D eigenvalue weighted by Crippen LogP contribution is 2.34. The summed E-state index contributed by atoms with van der Waals surface area (Å²) in [6.07, 6.45) is 0. The molecule has 0 aromatic heterocycles. The number of rotatable bonds is 4. The van der Waals surface area contributed by atoms with E-state index in [1.54, 1.807) is 32.4 Å². The van der Waals surface area contributed by atoms with E-state index in [0.29, 0.717) is 12.3 Å². The molecule has 4 heteroatoms. The Bertz CT molecular complexity index is 335. The molecule has 1 rings (SSSR count). The van der Waals surface area contributed by atoms with E-state index in [4.69, 9.17) is 15.2 Å². The Morgan fingerprint density at radius 3 is 2.53 bits per heavy atom. The van der Waals surface area contributed by atoms with Crippen LogP contribution in [0, 0.1) is 0 Å². The summed E-state index contributed by atoms with van der Waals surface area (Å²) in [5.74, 6) is 0.732. The van der Waals surface area contributed by atoms with E-state index < -0.39 is 5.60 Å². The highest BCUT2D eigenvalue weighted by molar-refractivity contribution is 5.43. The Kier molecular flexibility index (Phi) is 3.55. The van der Waals surface area contributed by atoms with E-state index in [2.05, 4.69) is 0 Å². The van der Waals surface area contributed by atoms with Crippen molar-refractivity contribution in [1.82, 2.24) is 0 Å². The predicted molar refractivity (Wildman–Crippen MR) is 58.1 cm³/mol. The Morgan fingerprint density at radius 1 is 1.40 bits per heavy atom. The second-order valence-corrected chi connectivity index (χ2v) is 3.52. The molecule has 0 fully saturated rings. The molecule has 0 heterocycles. The second kappa shape index (κ2) is 4.51. The van der Waals surface area contributed by atoms with Crippen molar-refractivity contribution in [2.24, 2.45) is 5.73 Å². The molecule has 1 aromatic rings. The summed E-state index contributed by atoms with van der Waals surface area (Å²) in [4.78, 5) is 0. The van der Waals surface area contributed by atoms with Crippen molar-refractivity contribution in [3.8, 4) is 11.5 Å². The zero-order valence-electron chi connectivity index (χ0n) is 9.28. The van der Waals surface area contributed by atoms with Crippen LogP contribution in [0.4, 0.5) is 0 Å². The van der Waals surface area contributed by atoms with E-state index >= 15 is 0 Å². The maximum absolute atomic E-state index is 9.33. The summed E-state index contributed by atoms with van der Waals surface area (Å²) < 4.78 is 10.5. The standard InChI is InChI=1S/C11H17NO3/c1-11(7-12,15-3)9-5-4-8(13)6-10(9)14-2/h4-6,13H,7,12H2,1-3H3. The lowest BCUT2D eigenvalue weighted by atomic mass is 9.94. The Morgan fingerprint density at radius 2 is 2.07 bits per heavy atom. The third-order valence-corrected chi connectivity index (χ3v) is 2.59. The monoisotopic (exact) mass is 211 g/mol. The number of hydrogen-bond donors (Lipinski definition) is 2. The van der Waals surface area contributed by atoms with Crippen molar-refractivity contribution in [3.05, 3.63) is 23.8 Å². The van der Waals surface area contributed by atoms with Gasteiger partial charge in [0.25, 0.3) is 0 Å². The van der Waals surface area contributed by atoms with Gasteiger partial charge in [0.05, 0.1) is 7.11 Å². The van der Waals surface area contributed by atoms with Crippen LogP contribution in [-0.4, -0.2) is 25.9 Å². The van der Waals surface area contributed by atoms with Crippen molar-refractivity contribution in [2.45, 2.75) is 12.5 Å². The minimum atomic E-state index is -0.598. The van der Waals surface area contributed by atoms with Gasteiger partial charge in [-0.3, -0.25) is 0 Å². The van der Waals surface area contributed by atoms with Gasteiger partial charge in [-0.2, -0.15) is 0 Å². The van der Waals surface area contributed by atoms with Gasteiger partial charge in [-0.15, -0.1) is 0 Å². The van der Waals surface area contributed by atoms with Crippen LogP contribution >= 0.6 is 0 Å². The topological polar surface area (TPSA) is 64.7 Å². The fraction of sp³-hybridized carbons (Fsp3) is 0.455. The Hall–Kier alpha value is -1.26. The molecule has 0 aliphatic heterocycles. The van der Waals surface area contributed by atoms with Crippen molar-refractivity contribution in [1.29, 1.82) is 0 Å². The molecule has 15 heavy (non-hydrogen) atoms. The molecule has 0 aliphatic carbocycles. The first-order chi connectivity index (χ1) is 7.07. The Labute approximate surface area is 89.6 Å². The molecule has 4 nitrogen and oxygen atoms in total. The van der Waals surface area contributed by atoms with Gasteiger partial charge < -0.3 is 20.3 Å². The van der Waals surface area contributed by atoms with Crippen LogP contribution in [0.15, 0.2) is 18.2 Å². The van der Waals surface area contributed by atoms with Gasteiger partial charge in [0, 0.05) is 25.3 Å². The lowest BCUT2D eigenvalue weighted by Gasteiger charge is -2.28. The SMILES string of the molecule is COc1cc(O)ccc1C(C)(CN)OC. The number of hydrogen-bond acceptors (Lipinski definition) is 4. The number of nitrogens with two attached hydrogens (primary N) is 1. The van der Waals surface area contributed by atoms with Crippen LogP contribution in [0.5, 0.6) is 11.5 Å². The van der Waals surface area contributed by atoms with Crippen LogP contribution in [0.3, 0.4) is 0 Å². The van der Waals surface area contributed by atoms with Crippen LogP contribution in [0.2, 0.25) is 0 Å². The zero-order chi connectivity index (χ0) is 11.5. The average molecular weight is 211 g/mol. The van der Waals surface area contributed by atoms with Crippen molar-refractivity contribution in [3.63, 3.8) is 0 Å². The first kappa shape index (κ1) is 11.8. The van der Waals surface area contributed by atoms with E-state index in [0.717, 1.165) is 5.56 Å². The lowest BCUT2D eigenvalue weighted by Crippen LogP contribution is -2.34. The molecule has 0 aliphatic rings. The summed E-state index contributed by atoms with van der Waals surface area (Å²) in [5, 5.41) is 9.33. The molecule has 1 aromatic carbocycles. The average Bonchev–Trinajstić information content (AvgIpc) is 2.27. The number of ether oxygens (including phenoxy) is 2. The fourth-order valence-corrected chi connectivity index (χ4v) is 1.42. The highest BCUT2D eigenvalue weighted by atomic mass is 16.5. The minimum absolute atomic E-state index is 0.158. The van der Waals surface area contributed by atoms with Gasteiger partial charge >= 0.3 is 0 Å². The molecule has 0 saturated carbocycles. The molecule has 0 spiro atoms. The second-order valence-electron chi connectivity index (χ2n) is 3.52. The molecule has 84 valence electrons. The van der Waals surface area contributed by atoms with E-state index in [1.165, 1.54) is 0 Å². The first-order valence-electron chi connectivity index (χ1n) is 4.70. The van der Waals surface area contributed by atoms with Crippen molar-refractivity contribution < 1.29 is 14.6 Å². The fourth-order valence-electron chi connectivity index (χ4n) is 1.42. The summed E-state index contributed by atoms with van der Waals surface area (Å²) >= 11 is 0. The first-order valence-corrected chi connectivity index (χ1v) is 4.70. The molecule has 3 N–H and O–H groups in total. The van der Waals surface area contributed by atoms with Crippen molar-refractivity contribution >= 4 is 0 Å². The highest BCUT2D eigenvalue weighted by Gasteiger charge is 2.28. The number of aromatic hydroxyl groups is 1. The molecule has 1 unspecified atom stereocenters. The molecule has 0 amide bonds. The third kappa shape index (κ3) is 2.22. The smallest absolute Gasteiger partial charge is 0.128 e. The quantitative estimate of drug-likeness (QED) is 0.786. The van der Waals surface area contributed by atoms with Crippen LogP contribution in [-0.2, 0) is 10.3 Å². The number of phenols is 1. The molecule has 0 saturated heterocycles. The van der Waals surface area contributed by atoms with Gasteiger partial charge in [0.1, 0.15) is 17.1 Å². The molecular formula is C11H17NO3. The molecule has 0 bridgehead atoms. The summed E-state index contributed by atoms with van der Waals surface area (Å²) in [5.41, 5.74) is 5.90. The number of methoxy groups -OCH3 is 2. The maximum atomic E-state index is 9.33. The van der Waals surface area contributed by atoms with Gasteiger partial charge in [0.15, 0.2) is 0 Å². The van der Waals surface area contributed by atoms with Gasteiger partial charge in [0.2, 0.25) is 0 Å². The van der Waals surface area contributed by atoms with E-state index in [-0.39, 0.29) is 5.75 Å². The van der Waals surface area contributed by atoms with Crippen LogP contribution in [0.25, 0.3) is 0 Å². The van der Waals surface area contributed by atoms with Crippen molar-refractivity contribution in [2.75, 3.05) is 20.8 Å². The zero-order valence-corrected chi connectivity index (χ0v) is 9.28. The van der Waals surface area contributed by atoms with Crippen LogP contribution < -0.4 is 10.5 Å². The van der Waals surface area contributed by atoms with Crippen LogP contribution in [0.1, 0.15) is 12.5 Å². The Balaban J connectivity index is 3.23.